The fraction of sp³-hybridized carbons (Fsp3) is 0.200. The molecule has 0 aliphatic rings. The molecular weight excluding hydrogens is 318 g/mol. The molecule has 4 heteroatoms. The van der Waals surface area contributed by atoms with Crippen LogP contribution in [0.3, 0.4) is 0 Å². The van der Waals surface area contributed by atoms with Crippen LogP contribution in [-0.2, 0) is 4.79 Å². The predicted molar refractivity (Wildman–Crippen MR) is 97.6 cm³/mol. The van der Waals surface area contributed by atoms with E-state index in [1.807, 2.05) is 17.5 Å². The standard InChI is InChI=1S/C20H19NO2S/c1-13-5-3-8-17(14(13)2)15-6-4-7-16(11-15)18(12-19(22)23)20-21-9-10-24-20/h3-11,18H,12H2,1-2H3,(H,22,23). The van der Waals surface area contributed by atoms with Crippen LogP contribution >= 0.6 is 11.3 Å². The van der Waals surface area contributed by atoms with E-state index in [0.717, 1.165) is 16.1 Å². The number of nitrogens with zero attached hydrogens (tertiary/aromatic N) is 1. The molecule has 0 spiro atoms. The van der Waals surface area contributed by atoms with Gasteiger partial charge >= 0.3 is 5.97 Å². The van der Waals surface area contributed by atoms with Crippen molar-refractivity contribution in [3.05, 3.63) is 75.7 Å². The fourth-order valence-corrected chi connectivity index (χ4v) is 3.68. The number of hydrogen-bond donors (Lipinski definition) is 1. The highest BCUT2D eigenvalue weighted by atomic mass is 32.1. The second-order valence-corrected chi connectivity index (χ2v) is 6.82. The number of thiazole rings is 1. The van der Waals surface area contributed by atoms with Gasteiger partial charge in [-0.05, 0) is 41.7 Å². The summed E-state index contributed by atoms with van der Waals surface area (Å²) in [7, 11) is 0. The molecule has 2 aromatic carbocycles. The summed E-state index contributed by atoms with van der Waals surface area (Å²) < 4.78 is 0. The topological polar surface area (TPSA) is 50.2 Å². The second-order valence-electron chi connectivity index (χ2n) is 5.89. The molecule has 0 radical (unpaired) electrons. The smallest absolute Gasteiger partial charge is 0.304 e. The van der Waals surface area contributed by atoms with E-state index in [0.29, 0.717) is 0 Å². The Balaban J connectivity index is 2.05. The minimum absolute atomic E-state index is 0.0454. The number of carboxylic acids is 1. The Morgan fingerprint density at radius 3 is 2.71 bits per heavy atom. The molecule has 0 fully saturated rings. The van der Waals surface area contributed by atoms with E-state index >= 15 is 0 Å². The van der Waals surface area contributed by atoms with Crippen molar-refractivity contribution in [2.75, 3.05) is 0 Å². The fourth-order valence-electron chi connectivity index (χ4n) is 2.92. The zero-order valence-corrected chi connectivity index (χ0v) is 14.5. The molecular formula is C20H19NO2S. The van der Waals surface area contributed by atoms with Crippen LogP contribution in [0.25, 0.3) is 11.1 Å². The Hall–Kier alpha value is -2.46. The van der Waals surface area contributed by atoms with Gasteiger partial charge in [-0.2, -0.15) is 0 Å². The summed E-state index contributed by atoms with van der Waals surface area (Å²) in [5, 5.41) is 12.0. The molecule has 1 aromatic heterocycles. The van der Waals surface area contributed by atoms with Crippen LogP contribution in [0.15, 0.2) is 54.0 Å². The number of benzene rings is 2. The van der Waals surface area contributed by atoms with Gasteiger partial charge in [-0.1, -0.05) is 42.5 Å². The number of carbonyl (C=O) groups is 1. The van der Waals surface area contributed by atoms with Gasteiger partial charge in [-0.3, -0.25) is 4.79 Å². The molecule has 0 saturated carbocycles. The van der Waals surface area contributed by atoms with Crippen molar-refractivity contribution in [1.29, 1.82) is 0 Å². The first-order chi connectivity index (χ1) is 11.6. The van der Waals surface area contributed by atoms with E-state index in [1.165, 1.54) is 28.0 Å². The maximum atomic E-state index is 11.3. The van der Waals surface area contributed by atoms with Gasteiger partial charge in [0.25, 0.3) is 0 Å². The number of aliphatic carboxylic acids is 1. The second kappa shape index (κ2) is 6.97. The van der Waals surface area contributed by atoms with Crippen LogP contribution < -0.4 is 0 Å². The maximum Gasteiger partial charge on any atom is 0.304 e. The zero-order valence-electron chi connectivity index (χ0n) is 13.7. The van der Waals surface area contributed by atoms with E-state index in [9.17, 15) is 9.90 Å². The summed E-state index contributed by atoms with van der Waals surface area (Å²) >= 11 is 1.50. The van der Waals surface area contributed by atoms with Crippen molar-refractivity contribution >= 4 is 17.3 Å². The van der Waals surface area contributed by atoms with Crippen LogP contribution in [0.4, 0.5) is 0 Å². The first kappa shape index (κ1) is 16.4. The van der Waals surface area contributed by atoms with Crippen molar-refractivity contribution in [3.63, 3.8) is 0 Å². The zero-order chi connectivity index (χ0) is 17.1. The molecule has 0 aliphatic carbocycles. The maximum absolute atomic E-state index is 11.3. The highest BCUT2D eigenvalue weighted by molar-refractivity contribution is 7.09. The summed E-state index contributed by atoms with van der Waals surface area (Å²) in [4.78, 5) is 15.6. The minimum atomic E-state index is -0.813. The first-order valence-electron chi connectivity index (χ1n) is 7.84. The molecule has 1 unspecified atom stereocenters. The molecule has 0 amide bonds. The van der Waals surface area contributed by atoms with E-state index in [4.69, 9.17) is 0 Å². The summed E-state index contributed by atoms with van der Waals surface area (Å²) in [6, 6.07) is 14.4. The lowest BCUT2D eigenvalue weighted by atomic mass is 9.91. The summed E-state index contributed by atoms with van der Waals surface area (Å²) in [5.74, 6) is -1.03. The average molecular weight is 337 g/mol. The molecule has 3 aromatic rings. The molecule has 1 heterocycles. The lowest BCUT2D eigenvalue weighted by Crippen LogP contribution is -2.08. The van der Waals surface area contributed by atoms with Crippen molar-refractivity contribution in [3.8, 4) is 11.1 Å². The van der Waals surface area contributed by atoms with E-state index in [2.05, 4.69) is 49.2 Å². The van der Waals surface area contributed by atoms with Gasteiger partial charge in [-0.25, -0.2) is 4.98 Å². The molecule has 3 nitrogen and oxygen atoms in total. The summed E-state index contributed by atoms with van der Waals surface area (Å²) in [6.07, 6.45) is 1.77. The van der Waals surface area contributed by atoms with Crippen molar-refractivity contribution in [1.82, 2.24) is 4.98 Å². The quantitative estimate of drug-likeness (QED) is 0.710. The molecule has 0 saturated heterocycles. The molecule has 1 N–H and O–H groups in total. The molecule has 3 rings (SSSR count). The van der Waals surface area contributed by atoms with Crippen LogP contribution in [0.5, 0.6) is 0 Å². The third-order valence-electron chi connectivity index (χ3n) is 4.33. The van der Waals surface area contributed by atoms with Gasteiger partial charge in [0, 0.05) is 17.5 Å². The van der Waals surface area contributed by atoms with E-state index in [1.54, 1.807) is 6.20 Å². The highest BCUT2D eigenvalue weighted by Crippen LogP contribution is 2.33. The van der Waals surface area contributed by atoms with E-state index in [-0.39, 0.29) is 12.3 Å². The molecule has 1 atom stereocenters. The predicted octanol–water partition coefficient (Wildman–Crippen LogP) is 5.03. The van der Waals surface area contributed by atoms with Crippen LogP contribution in [0.2, 0.25) is 0 Å². The number of rotatable bonds is 5. The van der Waals surface area contributed by atoms with Crippen molar-refractivity contribution < 1.29 is 9.90 Å². The van der Waals surface area contributed by atoms with Gasteiger partial charge in [0.2, 0.25) is 0 Å². The SMILES string of the molecule is Cc1cccc(-c2cccc(C(CC(=O)O)c3nccs3)c2)c1C. The lowest BCUT2D eigenvalue weighted by molar-refractivity contribution is -0.137. The molecule has 0 aliphatic heterocycles. The van der Waals surface area contributed by atoms with Crippen molar-refractivity contribution in [2.45, 2.75) is 26.2 Å². The normalized spacial score (nSPS) is 12.1. The van der Waals surface area contributed by atoms with Gasteiger partial charge in [0.15, 0.2) is 0 Å². The van der Waals surface area contributed by atoms with Crippen LogP contribution in [0, 0.1) is 13.8 Å². The highest BCUT2D eigenvalue weighted by Gasteiger charge is 2.20. The van der Waals surface area contributed by atoms with Crippen LogP contribution in [-0.4, -0.2) is 16.1 Å². The average Bonchev–Trinajstić information content (AvgIpc) is 3.09. The Morgan fingerprint density at radius 2 is 2.00 bits per heavy atom. The number of aryl methyl sites for hydroxylation is 1. The molecule has 122 valence electrons. The Bertz CT molecular complexity index is 856. The van der Waals surface area contributed by atoms with Crippen LogP contribution in [0.1, 0.15) is 34.0 Å². The van der Waals surface area contributed by atoms with Gasteiger partial charge in [0.05, 0.1) is 6.42 Å². The van der Waals surface area contributed by atoms with E-state index < -0.39 is 5.97 Å². The third-order valence-corrected chi connectivity index (χ3v) is 5.22. The Labute approximate surface area is 145 Å². The monoisotopic (exact) mass is 337 g/mol. The van der Waals surface area contributed by atoms with Gasteiger partial charge in [0.1, 0.15) is 5.01 Å². The summed E-state index contributed by atoms with van der Waals surface area (Å²) in [6.45, 7) is 4.22. The summed E-state index contributed by atoms with van der Waals surface area (Å²) in [5.41, 5.74) is 5.79. The van der Waals surface area contributed by atoms with Crippen molar-refractivity contribution in [2.24, 2.45) is 0 Å². The molecule has 0 bridgehead atoms. The van der Waals surface area contributed by atoms with Gasteiger partial charge in [-0.15, -0.1) is 11.3 Å². The lowest BCUT2D eigenvalue weighted by Gasteiger charge is -2.15. The Kier molecular flexibility index (Phi) is 4.76. The Morgan fingerprint density at radius 1 is 1.21 bits per heavy atom. The minimum Gasteiger partial charge on any atom is -0.481 e. The third kappa shape index (κ3) is 3.39. The number of aromatic nitrogens is 1. The van der Waals surface area contributed by atoms with Gasteiger partial charge < -0.3 is 5.11 Å². The first-order valence-corrected chi connectivity index (χ1v) is 8.72. The number of carboxylic acid groups (broad SMARTS) is 1. The largest absolute Gasteiger partial charge is 0.481 e. The number of hydrogen-bond acceptors (Lipinski definition) is 3. The molecule has 24 heavy (non-hydrogen) atoms.